The van der Waals surface area contributed by atoms with E-state index in [2.05, 4.69) is 41.9 Å². The molecule has 2 aromatic carbocycles. The molecule has 0 saturated heterocycles. The Bertz CT molecular complexity index is 964. The second kappa shape index (κ2) is 9.72. The molecule has 0 aliphatic heterocycles. The summed E-state index contributed by atoms with van der Waals surface area (Å²) in [7, 11) is 1.94. The third-order valence-electron chi connectivity index (χ3n) is 4.91. The van der Waals surface area contributed by atoms with Gasteiger partial charge in [0, 0.05) is 11.3 Å². The third kappa shape index (κ3) is 5.56. The minimum atomic E-state index is -0.0432. The number of hydrogen-bond donors (Lipinski definition) is 3. The van der Waals surface area contributed by atoms with Crippen LogP contribution >= 0.6 is 0 Å². The summed E-state index contributed by atoms with van der Waals surface area (Å²) in [6.07, 6.45) is 7.41. The van der Waals surface area contributed by atoms with Crippen molar-refractivity contribution < 1.29 is 0 Å². The van der Waals surface area contributed by atoms with E-state index < -0.39 is 0 Å². The van der Waals surface area contributed by atoms with Crippen LogP contribution in [0.2, 0.25) is 0 Å². The van der Waals surface area contributed by atoms with Gasteiger partial charge in [-0.25, -0.2) is 0 Å². The van der Waals surface area contributed by atoms with Crippen molar-refractivity contribution in [3.05, 3.63) is 89.0 Å². The first kappa shape index (κ1) is 20.4. The molecule has 148 valence electrons. The van der Waals surface area contributed by atoms with E-state index in [1.807, 2.05) is 49.5 Å². The van der Waals surface area contributed by atoms with Gasteiger partial charge in [-0.1, -0.05) is 49.4 Å². The van der Waals surface area contributed by atoms with Gasteiger partial charge in [-0.3, -0.25) is 10.3 Å². The number of anilines is 1. The summed E-state index contributed by atoms with van der Waals surface area (Å²) in [6, 6.07) is 17.4. The molecule has 0 bridgehead atoms. The molecule has 0 amide bonds. The molecule has 5 nitrogen and oxygen atoms in total. The topological polar surface area (TPSA) is 86.2 Å². The molecule has 0 radical (unpaired) electrons. The number of likely N-dealkylation sites (N-methyl/N-ethyl adjacent to an activating group) is 1. The van der Waals surface area contributed by atoms with E-state index in [0.717, 1.165) is 29.1 Å². The Labute approximate surface area is 172 Å². The molecule has 3 rings (SSSR count). The van der Waals surface area contributed by atoms with E-state index in [-0.39, 0.29) is 6.17 Å². The molecule has 2 aromatic rings. The second-order valence-electron chi connectivity index (χ2n) is 7.27. The number of nitrogens with one attached hydrogen (secondary N) is 2. The lowest BCUT2D eigenvalue weighted by Crippen LogP contribution is -2.46. The largest absolute Gasteiger partial charge is 0.399 e. The van der Waals surface area contributed by atoms with E-state index in [1.165, 1.54) is 5.57 Å². The summed E-state index contributed by atoms with van der Waals surface area (Å²) in [5.41, 5.74) is 10.4. The summed E-state index contributed by atoms with van der Waals surface area (Å²) >= 11 is 0. The summed E-state index contributed by atoms with van der Waals surface area (Å²) in [6.45, 7) is 2.73. The third-order valence-corrected chi connectivity index (χ3v) is 4.91. The van der Waals surface area contributed by atoms with E-state index in [9.17, 15) is 5.26 Å². The van der Waals surface area contributed by atoms with Crippen molar-refractivity contribution in [1.29, 1.82) is 5.26 Å². The van der Waals surface area contributed by atoms with Crippen molar-refractivity contribution >= 4 is 11.5 Å². The Morgan fingerprint density at radius 1 is 1.28 bits per heavy atom. The highest BCUT2D eigenvalue weighted by molar-refractivity contribution is 5.99. The molecule has 29 heavy (non-hydrogen) atoms. The molecule has 0 spiro atoms. The highest BCUT2D eigenvalue weighted by atomic mass is 15.1. The molecular weight excluding hydrogens is 358 g/mol. The summed E-state index contributed by atoms with van der Waals surface area (Å²) in [5.74, 6) is 1.26. The van der Waals surface area contributed by atoms with E-state index in [4.69, 9.17) is 10.7 Å². The molecule has 2 unspecified atom stereocenters. The zero-order valence-corrected chi connectivity index (χ0v) is 16.9. The van der Waals surface area contributed by atoms with Gasteiger partial charge in [0.05, 0.1) is 18.2 Å². The fraction of sp³-hybridized carbons (Fsp3) is 0.250. The summed E-state index contributed by atoms with van der Waals surface area (Å²) < 4.78 is 0. The number of allylic oxidation sites excluding steroid dienone is 3. The Kier molecular flexibility index (Phi) is 6.83. The van der Waals surface area contributed by atoms with Gasteiger partial charge in [0.2, 0.25) is 0 Å². The Morgan fingerprint density at radius 3 is 2.76 bits per heavy atom. The molecule has 0 saturated carbocycles. The number of amidine groups is 1. The average molecular weight is 386 g/mol. The number of benzene rings is 2. The number of nitriles is 1. The highest BCUT2D eigenvalue weighted by Gasteiger charge is 2.18. The minimum absolute atomic E-state index is 0.0432. The van der Waals surface area contributed by atoms with Crippen LogP contribution in [0.5, 0.6) is 0 Å². The van der Waals surface area contributed by atoms with Crippen molar-refractivity contribution in [2.24, 2.45) is 10.9 Å². The predicted molar refractivity (Wildman–Crippen MR) is 119 cm³/mol. The maximum atomic E-state index is 9.29. The smallest absolute Gasteiger partial charge is 0.130 e. The van der Waals surface area contributed by atoms with Crippen molar-refractivity contribution in [1.82, 2.24) is 10.6 Å². The maximum absolute atomic E-state index is 9.29. The molecule has 5 heteroatoms. The number of nitrogens with two attached hydrogens (primary N) is 1. The Morgan fingerprint density at radius 2 is 2.07 bits per heavy atom. The zero-order valence-electron chi connectivity index (χ0n) is 16.9. The molecular formula is C24H27N5. The molecule has 0 heterocycles. The first-order valence-electron chi connectivity index (χ1n) is 9.79. The summed E-state index contributed by atoms with van der Waals surface area (Å²) in [4.78, 5) is 4.84. The average Bonchev–Trinajstić information content (AvgIpc) is 2.75. The lowest BCUT2D eigenvalue weighted by molar-refractivity contribution is 0.548. The Balaban J connectivity index is 1.90. The number of nitrogens with zero attached hydrogens (tertiary/aromatic N) is 2. The number of rotatable bonds is 6. The lowest BCUT2D eigenvalue weighted by Gasteiger charge is -2.26. The first-order chi connectivity index (χ1) is 14.1. The zero-order chi connectivity index (χ0) is 20.6. The fourth-order valence-corrected chi connectivity index (χ4v) is 3.33. The SMILES string of the molecule is CNC(N/C(=N\Cc1ccc(N)cc1)c1cccc(C#N)c1)C1=CC=CC(C)C1. The van der Waals surface area contributed by atoms with Crippen molar-refractivity contribution in [2.75, 3.05) is 12.8 Å². The second-order valence-corrected chi connectivity index (χ2v) is 7.27. The lowest BCUT2D eigenvalue weighted by atomic mass is 9.94. The van der Waals surface area contributed by atoms with Crippen LogP contribution in [0.15, 0.2) is 77.3 Å². The van der Waals surface area contributed by atoms with Gasteiger partial charge < -0.3 is 11.1 Å². The van der Waals surface area contributed by atoms with Gasteiger partial charge in [0.1, 0.15) is 12.0 Å². The van der Waals surface area contributed by atoms with Gasteiger partial charge in [0.15, 0.2) is 0 Å². The maximum Gasteiger partial charge on any atom is 0.130 e. The van der Waals surface area contributed by atoms with Crippen LogP contribution in [0.25, 0.3) is 0 Å². The molecule has 1 aliphatic carbocycles. The monoisotopic (exact) mass is 385 g/mol. The first-order valence-corrected chi connectivity index (χ1v) is 9.79. The van der Waals surface area contributed by atoms with Crippen molar-refractivity contribution in [2.45, 2.75) is 26.1 Å². The molecule has 4 N–H and O–H groups in total. The molecule has 0 fully saturated rings. The molecule has 1 aliphatic rings. The minimum Gasteiger partial charge on any atom is -0.399 e. The number of hydrogen-bond acceptors (Lipinski definition) is 4. The van der Waals surface area contributed by atoms with Crippen molar-refractivity contribution in [3.8, 4) is 6.07 Å². The van der Waals surface area contributed by atoms with Crippen LogP contribution in [-0.2, 0) is 6.54 Å². The fourth-order valence-electron chi connectivity index (χ4n) is 3.33. The quantitative estimate of drug-likeness (QED) is 0.306. The van der Waals surface area contributed by atoms with Crippen LogP contribution in [0.1, 0.15) is 30.0 Å². The van der Waals surface area contributed by atoms with Crippen LogP contribution in [-0.4, -0.2) is 19.0 Å². The summed E-state index contributed by atoms with van der Waals surface area (Å²) in [5, 5.41) is 16.2. The molecule has 2 atom stereocenters. The Hall–Kier alpha value is -3.36. The van der Waals surface area contributed by atoms with Crippen molar-refractivity contribution in [3.63, 3.8) is 0 Å². The van der Waals surface area contributed by atoms with Gasteiger partial charge in [-0.15, -0.1) is 0 Å². The van der Waals surface area contributed by atoms with E-state index in [1.54, 1.807) is 6.07 Å². The highest BCUT2D eigenvalue weighted by Crippen LogP contribution is 2.20. The van der Waals surface area contributed by atoms with Crippen LogP contribution < -0.4 is 16.4 Å². The number of aliphatic imine (C=N–C) groups is 1. The molecule has 0 aromatic heterocycles. The van der Waals surface area contributed by atoms with Gasteiger partial charge in [-0.2, -0.15) is 5.26 Å². The van der Waals surface area contributed by atoms with Gasteiger partial charge >= 0.3 is 0 Å². The van der Waals surface area contributed by atoms with E-state index >= 15 is 0 Å². The normalized spacial score (nSPS) is 17.3. The van der Waals surface area contributed by atoms with E-state index in [0.29, 0.717) is 18.0 Å². The van der Waals surface area contributed by atoms with Gasteiger partial charge in [-0.05, 0) is 54.8 Å². The van der Waals surface area contributed by atoms with Crippen LogP contribution in [0, 0.1) is 17.2 Å². The predicted octanol–water partition coefficient (Wildman–Crippen LogP) is 3.74. The standard InChI is InChI=1S/C24H27N5/c1-17-5-3-7-20(13-17)23(27-2)29-24(21-8-4-6-19(14-21)15-25)28-16-18-9-11-22(26)12-10-18/h3-12,14,17,23,27H,13,16,26H2,1-2H3,(H,28,29). The van der Waals surface area contributed by atoms with Gasteiger partial charge in [0.25, 0.3) is 0 Å². The van der Waals surface area contributed by atoms with Crippen LogP contribution in [0.3, 0.4) is 0 Å². The van der Waals surface area contributed by atoms with Crippen LogP contribution in [0.4, 0.5) is 5.69 Å². The number of nitrogen functional groups attached to an aromatic ring is 1.